The van der Waals surface area contributed by atoms with E-state index in [2.05, 4.69) is 13.2 Å². The average Bonchev–Trinajstić information content (AvgIpc) is 1.84. The molecule has 0 spiro atoms. The fraction of sp³-hybridized carbons (Fsp3) is 0.333. The highest BCUT2D eigenvalue weighted by atomic mass is 19.4. The van der Waals surface area contributed by atoms with E-state index in [9.17, 15) is 13.2 Å². The largest absolute Gasteiger partial charge is 0.424 e. The Morgan fingerprint density at radius 2 is 1.40 bits per heavy atom. The SMILES string of the molecule is C=CC(O)(C=C)C(F)(F)F. The molecule has 0 unspecified atom stereocenters. The maximum absolute atomic E-state index is 11.7. The molecular formula is C6H7F3O. The summed E-state index contributed by atoms with van der Waals surface area (Å²) in [4.78, 5) is 0. The standard InChI is InChI=1S/C6H7F3O/c1-3-5(10,4-2)6(7,8)9/h3-4,10H,1-2H2. The number of hydrogen-bond donors (Lipinski definition) is 1. The maximum Gasteiger partial charge on any atom is 0.424 e. The van der Waals surface area contributed by atoms with Gasteiger partial charge in [-0.15, -0.1) is 0 Å². The second-order valence-corrected chi connectivity index (χ2v) is 1.73. The van der Waals surface area contributed by atoms with Crippen molar-refractivity contribution in [3.63, 3.8) is 0 Å². The summed E-state index contributed by atoms with van der Waals surface area (Å²) in [5, 5.41) is 8.60. The van der Waals surface area contributed by atoms with Crippen LogP contribution in [0.5, 0.6) is 0 Å². The first-order chi connectivity index (χ1) is 4.37. The van der Waals surface area contributed by atoms with Crippen LogP contribution in [0.2, 0.25) is 0 Å². The van der Waals surface area contributed by atoms with Gasteiger partial charge in [0.15, 0.2) is 5.60 Å². The fourth-order valence-electron chi connectivity index (χ4n) is 0.315. The minimum atomic E-state index is -4.73. The van der Waals surface area contributed by atoms with Gasteiger partial charge < -0.3 is 5.11 Å². The fourth-order valence-corrected chi connectivity index (χ4v) is 0.315. The molecule has 1 nitrogen and oxygen atoms in total. The Morgan fingerprint density at radius 3 is 1.40 bits per heavy atom. The minimum absolute atomic E-state index is 0.389. The van der Waals surface area contributed by atoms with Crippen molar-refractivity contribution in [1.82, 2.24) is 0 Å². The lowest BCUT2D eigenvalue weighted by Gasteiger charge is -2.22. The molecule has 0 aliphatic rings. The van der Waals surface area contributed by atoms with Crippen LogP contribution in [0, 0.1) is 0 Å². The molecule has 0 aromatic heterocycles. The van der Waals surface area contributed by atoms with Gasteiger partial charge in [-0.3, -0.25) is 0 Å². The Hall–Kier alpha value is -0.770. The molecule has 0 saturated carbocycles. The Kier molecular flexibility index (Phi) is 2.27. The highest BCUT2D eigenvalue weighted by Gasteiger charge is 2.49. The molecule has 0 aliphatic carbocycles. The summed E-state index contributed by atoms with van der Waals surface area (Å²) in [6.45, 7) is 5.66. The van der Waals surface area contributed by atoms with Crippen molar-refractivity contribution >= 4 is 0 Å². The molecule has 58 valence electrons. The van der Waals surface area contributed by atoms with E-state index in [1.165, 1.54) is 0 Å². The van der Waals surface area contributed by atoms with Gasteiger partial charge in [-0.2, -0.15) is 13.2 Å². The molecule has 0 heterocycles. The molecule has 0 amide bonds. The number of alkyl halides is 3. The smallest absolute Gasteiger partial charge is 0.373 e. The van der Waals surface area contributed by atoms with Gasteiger partial charge >= 0.3 is 6.18 Å². The second-order valence-electron chi connectivity index (χ2n) is 1.73. The molecule has 0 atom stereocenters. The van der Waals surface area contributed by atoms with Gasteiger partial charge in [-0.1, -0.05) is 13.2 Å². The third kappa shape index (κ3) is 1.39. The molecule has 4 heteroatoms. The van der Waals surface area contributed by atoms with E-state index in [0.29, 0.717) is 12.2 Å². The van der Waals surface area contributed by atoms with Crippen LogP contribution in [0.15, 0.2) is 25.3 Å². The van der Waals surface area contributed by atoms with Crippen molar-refractivity contribution in [2.45, 2.75) is 11.8 Å². The predicted molar refractivity (Wildman–Crippen MR) is 31.4 cm³/mol. The Bertz CT molecular complexity index is 140. The third-order valence-electron chi connectivity index (χ3n) is 1.08. The van der Waals surface area contributed by atoms with Gasteiger partial charge in [-0.05, 0) is 12.2 Å². The van der Waals surface area contributed by atoms with Crippen LogP contribution in [-0.4, -0.2) is 16.9 Å². The normalized spacial score (nSPS) is 12.8. The van der Waals surface area contributed by atoms with Crippen molar-refractivity contribution < 1.29 is 18.3 Å². The van der Waals surface area contributed by atoms with E-state index in [1.54, 1.807) is 0 Å². The molecular weight excluding hydrogens is 145 g/mol. The Labute approximate surface area is 56.5 Å². The molecule has 0 aromatic rings. The number of halogens is 3. The first-order valence-electron chi connectivity index (χ1n) is 2.43. The molecule has 0 radical (unpaired) electrons. The molecule has 0 saturated heterocycles. The zero-order chi connectivity index (χ0) is 8.41. The van der Waals surface area contributed by atoms with E-state index >= 15 is 0 Å². The zero-order valence-electron chi connectivity index (χ0n) is 5.15. The van der Waals surface area contributed by atoms with Gasteiger partial charge in [0.25, 0.3) is 0 Å². The lowest BCUT2D eigenvalue weighted by Crippen LogP contribution is -2.40. The van der Waals surface area contributed by atoms with Gasteiger partial charge in [0, 0.05) is 0 Å². The predicted octanol–water partition coefficient (Wildman–Crippen LogP) is 1.65. The van der Waals surface area contributed by atoms with Crippen molar-refractivity contribution in [1.29, 1.82) is 0 Å². The molecule has 0 rings (SSSR count). The van der Waals surface area contributed by atoms with E-state index in [0.717, 1.165) is 0 Å². The van der Waals surface area contributed by atoms with Crippen LogP contribution in [0.3, 0.4) is 0 Å². The van der Waals surface area contributed by atoms with Crippen molar-refractivity contribution in [3.05, 3.63) is 25.3 Å². The van der Waals surface area contributed by atoms with Crippen molar-refractivity contribution in [2.24, 2.45) is 0 Å². The summed E-state index contributed by atoms with van der Waals surface area (Å²) in [6, 6.07) is 0. The summed E-state index contributed by atoms with van der Waals surface area (Å²) in [7, 11) is 0. The maximum atomic E-state index is 11.7. The van der Waals surface area contributed by atoms with Crippen LogP contribution in [-0.2, 0) is 0 Å². The lowest BCUT2D eigenvalue weighted by molar-refractivity contribution is -0.220. The summed E-state index contributed by atoms with van der Waals surface area (Å²) in [5.41, 5.74) is -2.95. The number of rotatable bonds is 2. The summed E-state index contributed by atoms with van der Waals surface area (Å²) in [6.07, 6.45) is -3.95. The second kappa shape index (κ2) is 2.46. The van der Waals surface area contributed by atoms with Gasteiger partial charge in [-0.25, -0.2) is 0 Å². The molecule has 0 aliphatic heterocycles. The van der Waals surface area contributed by atoms with Gasteiger partial charge in [0.1, 0.15) is 0 Å². The molecule has 10 heavy (non-hydrogen) atoms. The first kappa shape index (κ1) is 9.23. The van der Waals surface area contributed by atoms with Crippen LogP contribution >= 0.6 is 0 Å². The topological polar surface area (TPSA) is 20.2 Å². The van der Waals surface area contributed by atoms with Crippen LogP contribution < -0.4 is 0 Å². The summed E-state index contributed by atoms with van der Waals surface area (Å²) < 4.78 is 35.1. The highest BCUT2D eigenvalue weighted by molar-refractivity contribution is 5.12. The summed E-state index contributed by atoms with van der Waals surface area (Å²) in [5.74, 6) is 0. The molecule has 0 aromatic carbocycles. The first-order valence-corrected chi connectivity index (χ1v) is 2.43. The van der Waals surface area contributed by atoms with Gasteiger partial charge in [0.2, 0.25) is 0 Å². The van der Waals surface area contributed by atoms with E-state index in [1.807, 2.05) is 0 Å². The Morgan fingerprint density at radius 1 is 1.10 bits per heavy atom. The molecule has 0 bridgehead atoms. The Balaban J connectivity index is 4.65. The lowest BCUT2D eigenvalue weighted by atomic mass is 10.1. The quantitative estimate of drug-likeness (QED) is 0.596. The van der Waals surface area contributed by atoms with Crippen LogP contribution in [0.1, 0.15) is 0 Å². The van der Waals surface area contributed by atoms with Gasteiger partial charge in [0.05, 0.1) is 0 Å². The molecule has 0 fully saturated rings. The minimum Gasteiger partial charge on any atom is -0.373 e. The van der Waals surface area contributed by atoms with E-state index in [4.69, 9.17) is 5.11 Å². The van der Waals surface area contributed by atoms with Crippen molar-refractivity contribution in [2.75, 3.05) is 0 Å². The highest BCUT2D eigenvalue weighted by Crippen LogP contribution is 2.31. The monoisotopic (exact) mass is 152 g/mol. The van der Waals surface area contributed by atoms with E-state index in [-0.39, 0.29) is 0 Å². The van der Waals surface area contributed by atoms with Crippen LogP contribution in [0.25, 0.3) is 0 Å². The van der Waals surface area contributed by atoms with Crippen LogP contribution in [0.4, 0.5) is 13.2 Å². The third-order valence-corrected chi connectivity index (χ3v) is 1.08. The molecule has 1 N–H and O–H groups in total. The van der Waals surface area contributed by atoms with E-state index < -0.39 is 11.8 Å². The van der Waals surface area contributed by atoms with Crippen molar-refractivity contribution in [3.8, 4) is 0 Å². The zero-order valence-corrected chi connectivity index (χ0v) is 5.15. The number of aliphatic hydroxyl groups is 1. The average molecular weight is 152 g/mol. The summed E-state index contributed by atoms with van der Waals surface area (Å²) >= 11 is 0. The number of hydrogen-bond acceptors (Lipinski definition) is 1.